The number of hydrogen-bond acceptors (Lipinski definition) is 3. The Labute approximate surface area is 165 Å². The van der Waals surface area contributed by atoms with Crippen LogP contribution in [0.3, 0.4) is 0 Å². The van der Waals surface area contributed by atoms with Gasteiger partial charge in [-0.05, 0) is 34.1 Å². The Morgan fingerprint density at radius 1 is 0.778 bits per heavy atom. The van der Waals surface area contributed by atoms with Gasteiger partial charge in [0.05, 0.1) is 4.88 Å². The topological polar surface area (TPSA) is 18.5 Å². The molecule has 0 bridgehead atoms. The molecule has 1 aliphatic heterocycles. The van der Waals surface area contributed by atoms with E-state index in [4.69, 9.17) is 9.47 Å². The van der Waals surface area contributed by atoms with Gasteiger partial charge in [0.1, 0.15) is 13.2 Å². The molecule has 2 heterocycles. The minimum atomic E-state index is 0.424. The molecular weight excluding hydrogens is 352 g/mol. The van der Waals surface area contributed by atoms with Crippen LogP contribution in [0.1, 0.15) is 50.7 Å². The minimum Gasteiger partial charge on any atom is -0.485 e. The van der Waals surface area contributed by atoms with Crippen molar-refractivity contribution in [3.63, 3.8) is 0 Å². The van der Waals surface area contributed by atoms with E-state index >= 15 is 0 Å². The molecule has 0 unspecified atom stereocenters. The Morgan fingerprint density at radius 3 is 2.22 bits per heavy atom. The molecule has 0 saturated carbocycles. The maximum Gasteiger partial charge on any atom is 0.179 e. The molecule has 0 aliphatic carbocycles. The SMILES string of the molecule is CC(C)c1ccccc1-c1cccc(C(C)C)c1-c1scc2c1OCCO2. The van der Waals surface area contributed by atoms with Gasteiger partial charge in [0, 0.05) is 10.9 Å². The lowest BCUT2D eigenvalue weighted by Gasteiger charge is -2.22. The van der Waals surface area contributed by atoms with Crippen LogP contribution in [0.15, 0.2) is 47.8 Å². The van der Waals surface area contributed by atoms with Gasteiger partial charge in [0.2, 0.25) is 0 Å². The van der Waals surface area contributed by atoms with E-state index < -0.39 is 0 Å². The second-order valence-electron chi connectivity index (χ2n) is 7.62. The van der Waals surface area contributed by atoms with Crippen LogP contribution in [0.2, 0.25) is 0 Å². The largest absolute Gasteiger partial charge is 0.485 e. The van der Waals surface area contributed by atoms with Crippen molar-refractivity contribution in [3.8, 4) is 33.1 Å². The summed E-state index contributed by atoms with van der Waals surface area (Å²) < 4.78 is 11.9. The van der Waals surface area contributed by atoms with E-state index in [0.717, 1.165) is 11.5 Å². The first kappa shape index (κ1) is 18.1. The van der Waals surface area contributed by atoms with Crippen LogP contribution in [0.25, 0.3) is 21.6 Å². The van der Waals surface area contributed by atoms with Crippen LogP contribution in [0.5, 0.6) is 11.5 Å². The summed E-state index contributed by atoms with van der Waals surface area (Å²) in [6.07, 6.45) is 0. The third-order valence-electron chi connectivity index (χ3n) is 5.12. The molecule has 0 fully saturated rings. The fourth-order valence-corrected chi connectivity index (χ4v) is 4.82. The predicted molar refractivity (Wildman–Crippen MR) is 114 cm³/mol. The molecule has 2 nitrogen and oxygen atoms in total. The minimum absolute atomic E-state index is 0.424. The highest BCUT2D eigenvalue weighted by Gasteiger charge is 2.25. The number of hydrogen-bond donors (Lipinski definition) is 0. The molecule has 0 radical (unpaired) electrons. The molecule has 0 N–H and O–H groups in total. The molecular formula is C24H26O2S. The van der Waals surface area contributed by atoms with Crippen molar-refractivity contribution in [2.75, 3.05) is 13.2 Å². The van der Waals surface area contributed by atoms with Gasteiger partial charge in [0.15, 0.2) is 11.5 Å². The number of thiophene rings is 1. The molecule has 1 aromatic heterocycles. The van der Waals surface area contributed by atoms with Gasteiger partial charge < -0.3 is 9.47 Å². The van der Waals surface area contributed by atoms with Crippen molar-refractivity contribution >= 4 is 11.3 Å². The van der Waals surface area contributed by atoms with E-state index in [0.29, 0.717) is 25.0 Å². The molecule has 27 heavy (non-hydrogen) atoms. The van der Waals surface area contributed by atoms with Gasteiger partial charge in [0.25, 0.3) is 0 Å². The fourth-order valence-electron chi connectivity index (χ4n) is 3.81. The van der Waals surface area contributed by atoms with Crippen molar-refractivity contribution in [3.05, 3.63) is 59.0 Å². The highest BCUT2D eigenvalue weighted by molar-refractivity contribution is 7.14. The summed E-state index contributed by atoms with van der Waals surface area (Å²) in [5, 5.41) is 2.08. The summed E-state index contributed by atoms with van der Waals surface area (Å²) in [7, 11) is 0. The van der Waals surface area contributed by atoms with Gasteiger partial charge >= 0.3 is 0 Å². The summed E-state index contributed by atoms with van der Waals surface area (Å²) >= 11 is 1.72. The van der Waals surface area contributed by atoms with Crippen molar-refractivity contribution in [2.45, 2.75) is 39.5 Å². The molecule has 0 spiro atoms. The number of rotatable bonds is 4. The lowest BCUT2D eigenvalue weighted by molar-refractivity contribution is 0.174. The quantitative estimate of drug-likeness (QED) is 0.482. The maximum absolute atomic E-state index is 6.04. The van der Waals surface area contributed by atoms with E-state index in [-0.39, 0.29) is 0 Å². The number of ether oxygens (including phenoxy) is 2. The lowest BCUT2D eigenvalue weighted by atomic mass is 9.85. The first-order valence-corrected chi connectivity index (χ1v) is 10.6. The Kier molecular flexibility index (Phi) is 4.96. The molecule has 3 heteroatoms. The molecule has 2 aromatic carbocycles. The van der Waals surface area contributed by atoms with Crippen LogP contribution in [-0.2, 0) is 0 Å². The second-order valence-corrected chi connectivity index (χ2v) is 8.50. The van der Waals surface area contributed by atoms with E-state index in [9.17, 15) is 0 Å². The van der Waals surface area contributed by atoms with E-state index in [1.54, 1.807) is 11.3 Å². The van der Waals surface area contributed by atoms with Crippen LogP contribution in [0, 0.1) is 0 Å². The summed E-state index contributed by atoms with van der Waals surface area (Å²) in [6.45, 7) is 10.3. The van der Waals surface area contributed by atoms with Gasteiger partial charge in [-0.15, -0.1) is 11.3 Å². The average Bonchev–Trinajstić information content (AvgIpc) is 3.11. The molecule has 0 saturated heterocycles. The van der Waals surface area contributed by atoms with Gasteiger partial charge in [-0.1, -0.05) is 70.2 Å². The molecule has 4 rings (SSSR count). The van der Waals surface area contributed by atoms with E-state index in [2.05, 4.69) is 75.5 Å². The highest BCUT2D eigenvalue weighted by atomic mass is 32.1. The van der Waals surface area contributed by atoms with Crippen molar-refractivity contribution in [1.82, 2.24) is 0 Å². The molecule has 0 atom stereocenters. The lowest BCUT2D eigenvalue weighted by Crippen LogP contribution is -2.14. The van der Waals surface area contributed by atoms with Gasteiger partial charge in [-0.3, -0.25) is 0 Å². The first-order chi connectivity index (χ1) is 13.1. The zero-order chi connectivity index (χ0) is 19.0. The van der Waals surface area contributed by atoms with Gasteiger partial charge in [-0.2, -0.15) is 0 Å². The second kappa shape index (κ2) is 7.40. The third-order valence-corrected chi connectivity index (χ3v) is 6.08. The molecule has 1 aliphatic rings. The normalized spacial score (nSPS) is 13.4. The zero-order valence-corrected chi connectivity index (χ0v) is 17.2. The highest BCUT2D eigenvalue weighted by Crippen LogP contribution is 2.51. The summed E-state index contributed by atoms with van der Waals surface area (Å²) in [5.74, 6) is 2.67. The molecule has 3 aromatic rings. The Morgan fingerprint density at radius 2 is 1.44 bits per heavy atom. The Balaban J connectivity index is 2.00. The Bertz CT molecular complexity index is 953. The average molecular weight is 379 g/mol. The fraction of sp³-hybridized carbons (Fsp3) is 0.333. The monoisotopic (exact) mass is 378 g/mol. The van der Waals surface area contributed by atoms with Crippen LogP contribution >= 0.6 is 11.3 Å². The van der Waals surface area contributed by atoms with E-state index in [1.165, 1.54) is 32.7 Å². The van der Waals surface area contributed by atoms with E-state index in [1.807, 2.05) is 0 Å². The van der Waals surface area contributed by atoms with Crippen LogP contribution in [0.4, 0.5) is 0 Å². The zero-order valence-electron chi connectivity index (χ0n) is 16.4. The first-order valence-electron chi connectivity index (χ1n) is 9.67. The van der Waals surface area contributed by atoms with Crippen molar-refractivity contribution < 1.29 is 9.47 Å². The molecule has 140 valence electrons. The van der Waals surface area contributed by atoms with Crippen molar-refractivity contribution in [2.24, 2.45) is 0 Å². The maximum atomic E-state index is 6.04. The van der Waals surface area contributed by atoms with Crippen molar-refractivity contribution in [1.29, 1.82) is 0 Å². The Hall–Kier alpha value is -2.26. The summed E-state index contributed by atoms with van der Waals surface area (Å²) in [5.41, 5.74) is 6.61. The number of benzene rings is 2. The predicted octanol–water partition coefficient (Wildman–Crippen LogP) is 7.10. The summed E-state index contributed by atoms with van der Waals surface area (Å²) in [4.78, 5) is 1.18. The standard InChI is InChI=1S/C24H26O2S/c1-15(2)17-8-5-6-9-19(17)20-11-7-10-18(16(3)4)22(20)24-23-21(14-27-24)25-12-13-26-23/h5-11,14-16H,12-13H2,1-4H3. The molecule has 0 amide bonds. The summed E-state index contributed by atoms with van der Waals surface area (Å²) in [6, 6.07) is 15.4. The van der Waals surface area contributed by atoms with Crippen LogP contribution < -0.4 is 9.47 Å². The van der Waals surface area contributed by atoms with Gasteiger partial charge in [-0.25, -0.2) is 0 Å². The smallest absolute Gasteiger partial charge is 0.179 e. The van der Waals surface area contributed by atoms with Crippen LogP contribution in [-0.4, -0.2) is 13.2 Å². The third kappa shape index (κ3) is 3.25. The number of fused-ring (bicyclic) bond motifs is 1.